The highest BCUT2D eigenvalue weighted by Gasteiger charge is 2.37. The molecule has 1 aliphatic carbocycles. The number of thiophene rings is 6. The summed E-state index contributed by atoms with van der Waals surface area (Å²) >= 11 is 11.4. The molecule has 9 aromatic heterocycles. The SMILES string of the molecule is CC1(C)c2ccccc2-c2cc3c4ccccc4n(-c4ccc5sc6c(-c7cccc8c7sc7ccccc78)cccc6c5c4)c3cc21.c1ccc(-c2ccc3c(c2)c2cc(-c4ccccc4)ccc2n3-c2ccc3sc4c(-c5cccc6c5sc5ccccc56)cccc4c3c2)cc1.c1ccc(-c2ccc3c(c2)c2ccccc2n3-c2ccc3sc4c(-c5cccc6c5sc5ccccc56)cccc4c3c2)cc1. The first kappa shape index (κ1) is 83.4. The molecule has 0 radical (unpaired) electrons. The van der Waals surface area contributed by atoms with Crippen LogP contribution in [-0.4, -0.2) is 13.7 Å². The fourth-order valence-electron chi connectivity index (χ4n) is 23.7. The number of para-hydroxylation sites is 2. The number of fused-ring (bicyclic) bond motifs is 30. The van der Waals surface area contributed by atoms with E-state index in [2.05, 4.69) is 495 Å². The van der Waals surface area contributed by atoms with E-state index in [4.69, 9.17) is 0 Å². The van der Waals surface area contributed by atoms with Gasteiger partial charge < -0.3 is 13.7 Å². The summed E-state index contributed by atoms with van der Waals surface area (Å²) in [6, 6.07) is 173. The fraction of sp³-hybridized carbons (Fsp3) is 0.0222. The molecule has 3 nitrogen and oxygen atoms in total. The molecule has 22 aromatic carbocycles. The van der Waals surface area contributed by atoms with E-state index in [1.54, 1.807) is 0 Å². The van der Waals surface area contributed by atoms with Crippen LogP contribution in [0.15, 0.2) is 467 Å². The molecular formula is C135H83N3S6. The van der Waals surface area contributed by atoms with Crippen molar-refractivity contribution < 1.29 is 0 Å². The van der Waals surface area contributed by atoms with E-state index in [1.165, 1.54) is 293 Å². The maximum absolute atomic E-state index is 2.49. The minimum Gasteiger partial charge on any atom is -0.309 e. The Morgan fingerprint density at radius 3 is 0.757 bits per heavy atom. The van der Waals surface area contributed by atoms with Gasteiger partial charge >= 0.3 is 0 Å². The van der Waals surface area contributed by atoms with Crippen molar-refractivity contribution in [1.82, 2.24) is 13.7 Å². The predicted octanol–water partition coefficient (Wildman–Crippen LogP) is 40.9. The number of hydrogen-bond acceptors (Lipinski definition) is 6. The molecule has 1 aliphatic rings. The maximum atomic E-state index is 2.49. The average Bonchev–Trinajstić information content (AvgIpc) is 1.54. The summed E-state index contributed by atoms with van der Waals surface area (Å²) < 4.78 is 23.5. The molecule has 0 atom stereocenters. The lowest BCUT2D eigenvalue weighted by molar-refractivity contribution is 0.661. The predicted molar refractivity (Wildman–Crippen MR) is 630 cm³/mol. The molecular weight excluding hydrogens is 1860 g/mol. The van der Waals surface area contributed by atoms with E-state index in [1.807, 2.05) is 68.0 Å². The third-order valence-electron chi connectivity index (χ3n) is 30.4. The molecule has 0 saturated heterocycles. The first-order valence-corrected chi connectivity index (χ1v) is 54.1. The van der Waals surface area contributed by atoms with E-state index in [0.717, 1.165) is 0 Å². The lowest BCUT2D eigenvalue weighted by Crippen LogP contribution is -2.14. The van der Waals surface area contributed by atoms with Crippen LogP contribution in [0.1, 0.15) is 25.0 Å². The highest BCUT2D eigenvalue weighted by Crippen LogP contribution is 2.55. The van der Waals surface area contributed by atoms with Crippen molar-refractivity contribution in [2.75, 3.05) is 0 Å². The van der Waals surface area contributed by atoms with Crippen LogP contribution in [0, 0.1) is 0 Å². The smallest absolute Gasteiger partial charge is 0.0544 e. The zero-order valence-corrected chi connectivity index (χ0v) is 83.1. The van der Waals surface area contributed by atoms with Crippen molar-refractivity contribution in [1.29, 1.82) is 0 Å². The Morgan fingerprint density at radius 1 is 0.146 bits per heavy atom. The normalized spacial score (nSPS) is 12.6. The first-order chi connectivity index (χ1) is 71.2. The summed E-state index contributed by atoms with van der Waals surface area (Å²) in [6.07, 6.45) is 0. The van der Waals surface area contributed by atoms with E-state index < -0.39 is 0 Å². The number of rotatable bonds is 9. The van der Waals surface area contributed by atoms with Gasteiger partial charge in [-0.1, -0.05) is 347 Å². The zero-order valence-electron chi connectivity index (χ0n) is 78.2. The molecule has 9 heterocycles. The summed E-state index contributed by atoms with van der Waals surface area (Å²) in [5.41, 5.74) is 31.8. The molecule has 0 bridgehead atoms. The molecule has 9 heteroatoms. The van der Waals surface area contributed by atoms with Crippen LogP contribution in [0.5, 0.6) is 0 Å². The maximum Gasteiger partial charge on any atom is 0.0544 e. The summed E-state index contributed by atoms with van der Waals surface area (Å²) in [7, 11) is 0. The second-order valence-electron chi connectivity index (χ2n) is 38.7. The molecule has 31 aromatic rings. The third-order valence-corrected chi connectivity index (χ3v) is 37.8. The monoisotopic (exact) mass is 1940 g/mol. The molecule has 0 saturated carbocycles. The number of hydrogen-bond donors (Lipinski definition) is 0. The Morgan fingerprint density at radius 2 is 0.403 bits per heavy atom. The lowest BCUT2D eigenvalue weighted by atomic mass is 9.82. The molecule has 674 valence electrons. The van der Waals surface area contributed by atoms with Gasteiger partial charge in [-0.05, 0) is 189 Å². The molecule has 0 aliphatic heterocycles. The Labute approximate surface area is 853 Å². The summed E-state index contributed by atoms with van der Waals surface area (Å²) in [5, 5.41) is 23.6. The van der Waals surface area contributed by atoms with Crippen LogP contribution in [0.2, 0.25) is 0 Å². The van der Waals surface area contributed by atoms with Gasteiger partial charge in [0.05, 0.1) is 33.1 Å². The van der Waals surface area contributed by atoms with Crippen LogP contribution in [0.4, 0.5) is 0 Å². The highest BCUT2D eigenvalue weighted by molar-refractivity contribution is 7.29. The first-order valence-electron chi connectivity index (χ1n) is 49.2. The summed E-state index contributed by atoms with van der Waals surface area (Å²) in [6.45, 7) is 4.74. The van der Waals surface area contributed by atoms with Crippen molar-refractivity contribution in [3.8, 4) is 95.0 Å². The van der Waals surface area contributed by atoms with E-state index in [0.29, 0.717) is 0 Å². The van der Waals surface area contributed by atoms with Crippen LogP contribution < -0.4 is 0 Å². The molecule has 144 heavy (non-hydrogen) atoms. The van der Waals surface area contributed by atoms with Crippen LogP contribution in [-0.2, 0) is 5.41 Å². The van der Waals surface area contributed by atoms with Crippen LogP contribution in [0.25, 0.3) is 281 Å². The van der Waals surface area contributed by atoms with Gasteiger partial charge in [-0.3, -0.25) is 0 Å². The Balaban J connectivity index is 0.000000101. The second kappa shape index (κ2) is 32.8. The van der Waals surface area contributed by atoms with Crippen molar-refractivity contribution in [2.45, 2.75) is 19.3 Å². The van der Waals surface area contributed by atoms with Crippen molar-refractivity contribution in [3.63, 3.8) is 0 Å². The molecule has 32 rings (SSSR count). The summed E-state index contributed by atoms with van der Waals surface area (Å²) in [5.74, 6) is 0. The van der Waals surface area contributed by atoms with Gasteiger partial charge in [0.25, 0.3) is 0 Å². The lowest BCUT2D eigenvalue weighted by Gasteiger charge is -2.21. The standard InChI is InChI=1S/C48H29NS2.C45H29NS2.C42H25NS2/c1-3-11-30(12-4-1)32-21-24-43-40(27-32)41-28-33(31-13-5-2-6-14-31)22-25-44(41)49(43)34-23-26-46-42(29-34)39-19-10-18-38(48(39)51-46)37-17-9-16-36-35-15-7-8-20-45(35)50-47(36)37;1-45(2)37-18-6-3-11-27(37)34-24-35-28-12-4-7-19-39(28)46(40(35)25-38(34)45)26-21-22-42-36(23-26)33-17-10-16-32(44(33)48-42)31-15-9-14-30-29-13-5-8-20-41(29)47-43(30)31;1-2-10-26(11-3-1)27-20-22-38-35(24-27)29-12-4-6-18-37(29)43(38)28-21-23-40-36(25-28)34-17-9-16-33(42(34)45-40)32-15-8-14-31-30-13-5-7-19-39(30)44-41(31)32/h1-29H;3-25H,1-2H3;1-25H. The Hall–Kier alpha value is -16.4. The largest absolute Gasteiger partial charge is 0.309 e. The van der Waals surface area contributed by atoms with E-state index in [-0.39, 0.29) is 5.41 Å². The van der Waals surface area contributed by atoms with Gasteiger partial charge in [-0.15, -0.1) is 68.0 Å². The van der Waals surface area contributed by atoms with E-state index >= 15 is 0 Å². The second-order valence-corrected chi connectivity index (χ2v) is 45.0. The molecule has 0 fully saturated rings. The van der Waals surface area contributed by atoms with Crippen molar-refractivity contribution >= 4 is 254 Å². The van der Waals surface area contributed by atoms with Crippen molar-refractivity contribution in [2.24, 2.45) is 0 Å². The Kier molecular flexibility index (Phi) is 19.0. The van der Waals surface area contributed by atoms with Gasteiger partial charge in [-0.2, -0.15) is 0 Å². The topological polar surface area (TPSA) is 14.8 Å². The molecule has 0 N–H and O–H groups in total. The summed E-state index contributed by atoms with van der Waals surface area (Å²) in [4.78, 5) is 0. The van der Waals surface area contributed by atoms with Gasteiger partial charge in [0.1, 0.15) is 0 Å². The van der Waals surface area contributed by atoms with Crippen LogP contribution >= 0.6 is 68.0 Å². The Bertz CT molecular complexity index is 10700. The van der Waals surface area contributed by atoms with Crippen molar-refractivity contribution in [3.05, 3.63) is 478 Å². The quantitative estimate of drug-likeness (QED) is 0.137. The minimum absolute atomic E-state index is 0.0530. The van der Waals surface area contributed by atoms with Gasteiger partial charge in [0, 0.05) is 209 Å². The average molecular weight is 1940 g/mol. The van der Waals surface area contributed by atoms with E-state index in [9.17, 15) is 0 Å². The third kappa shape index (κ3) is 13.0. The van der Waals surface area contributed by atoms with Gasteiger partial charge in [0.15, 0.2) is 0 Å². The zero-order chi connectivity index (χ0) is 94.7. The fourth-order valence-corrected chi connectivity index (χ4v) is 31.0. The number of benzene rings is 22. The molecule has 0 spiro atoms. The number of nitrogens with zero attached hydrogens (tertiary/aromatic N) is 3. The highest BCUT2D eigenvalue weighted by atomic mass is 32.1. The van der Waals surface area contributed by atoms with Crippen LogP contribution in [0.3, 0.4) is 0 Å². The van der Waals surface area contributed by atoms with Gasteiger partial charge in [-0.25, -0.2) is 0 Å². The molecule has 0 unspecified atom stereocenters. The molecule has 0 amide bonds. The van der Waals surface area contributed by atoms with Gasteiger partial charge in [0.2, 0.25) is 0 Å². The minimum atomic E-state index is -0.0530. The number of aromatic nitrogens is 3.